The first-order valence-electron chi connectivity index (χ1n) is 7.72. The van der Waals surface area contributed by atoms with Crippen molar-refractivity contribution in [1.29, 1.82) is 0 Å². The fraction of sp³-hybridized carbons (Fsp3) is 0.444. The molecule has 0 aliphatic heterocycles. The van der Waals surface area contributed by atoms with Gasteiger partial charge in [0.2, 0.25) is 5.91 Å². The number of fused-ring (bicyclic) bond motifs is 1. The summed E-state index contributed by atoms with van der Waals surface area (Å²) in [4.78, 5) is 29.3. The Morgan fingerprint density at radius 2 is 1.86 bits per heavy atom. The van der Waals surface area contributed by atoms with Crippen molar-refractivity contribution in [1.82, 2.24) is 9.88 Å². The molecule has 0 saturated carbocycles. The molecular formula is C18H24N2O2. The number of carbonyl (C=O) groups excluding carboxylic acids is 1. The number of H-pyrrole nitrogens is 1. The van der Waals surface area contributed by atoms with Gasteiger partial charge >= 0.3 is 0 Å². The van der Waals surface area contributed by atoms with Crippen LogP contribution in [0.4, 0.5) is 0 Å². The van der Waals surface area contributed by atoms with Gasteiger partial charge in [-0.2, -0.15) is 0 Å². The number of amides is 1. The number of nitrogens with zero attached hydrogens (tertiary/aromatic N) is 1. The molecule has 0 spiro atoms. The first-order chi connectivity index (χ1) is 10.3. The summed E-state index contributed by atoms with van der Waals surface area (Å²) in [6, 6.07) is 7.88. The lowest BCUT2D eigenvalue weighted by Crippen LogP contribution is -2.40. The molecule has 0 aliphatic carbocycles. The van der Waals surface area contributed by atoms with Gasteiger partial charge in [0.15, 0.2) is 0 Å². The second-order valence-electron chi connectivity index (χ2n) is 6.43. The maximum atomic E-state index is 12.3. The van der Waals surface area contributed by atoms with Crippen LogP contribution >= 0.6 is 0 Å². The van der Waals surface area contributed by atoms with E-state index in [4.69, 9.17) is 0 Å². The average molecular weight is 300 g/mol. The second kappa shape index (κ2) is 6.34. The van der Waals surface area contributed by atoms with E-state index in [1.165, 1.54) is 0 Å². The summed E-state index contributed by atoms with van der Waals surface area (Å²) in [5.74, 6) is -0.0112. The number of pyridine rings is 1. The molecule has 118 valence electrons. The number of nitrogens with one attached hydrogen (secondary N) is 1. The standard InChI is InChI=1S/C18H24N2O2/c1-11(2)18(22)20(12(3)4)10-15-9-14-8-13(5)6-7-16(14)19-17(15)21/h6-9,11-12H,10H2,1-5H3,(H,19,21). The Kier molecular flexibility index (Phi) is 4.69. The topological polar surface area (TPSA) is 53.2 Å². The van der Waals surface area contributed by atoms with E-state index in [1.54, 1.807) is 4.90 Å². The molecule has 0 bridgehead atoms. The quantitative estimate of drug-likeness (QED) is 0.942. The molecule has 4 heteroatoms. The van der Waals surface area contributed by atoms with E-state index < -0.39 is 0 Å². The summed E-state index contributed by atoms with van der Waals surface area (Å²) in [6.45, 7) is 10.1. The number of aryl methyl sites for hydroxylation is 1. The van der Waals surface area contributed by atoms with Crippen molar-refractivity contribution >= 4 is 16.8 Å². The molecule has 0 fully saturated rings. The number of hydrogen-bond acceptors (Lipinski definition) is 2. The molecule has 1 aromatic carbocycles. The SMILES string of the molecule is Cc1ccc2[nH]c(=O)c(CN(C(=O)C(C)C)C(C)C)cc2c1. The van der Waals surface area contributed by atoms with E-state index >= 15 is 0 Å². The fourth-order valence-corrected chi connectivity index (χ4v) is 2.52. The third-order valence-electron chi connectivity index (χ3n) is 3.82. The molecule has 0 saturated heterocycles. The first kappa shape index (κ1) is 16.3. The molecule has 0 radical (unpaired) electrons. The van der Waals surface area contributed by atoms with Crippen molar-refractivity contribution in [3.63, 3.8) is 0 Å². The summed E-state index contributed by atoms with van der Waals surface area (Å²) in [5.41, 5.74) is 2.47. The zero-order valence-corrected chi connectivity index (χ0v) is 13.9. The summed E-state index contributed by atoms with van der Waals surface area (Å²) < 4.78 is 0. The maximum absolute atomic E-state index is 12.3. The van der Waals surface area contributed by atoms with E-state index in [-0.39, 0.29) is 23.4 Å². The van der Waals surface area contributed by atoms with Crippen LogP contribution in [0.5, 0.6) is 0 Å². The van der Waals surface area contributed by atoms with E-state index in [0.717, 1.165) is 16.5 Å². The predicted molar refractivity (Wildman–Crippen MR) is 89.8 cm³/mol. The van der Waals surface area contributed by atoms with Gasteiger partial charge in [0.05, 0.1) is 6.54 Å². The van der Waals surface area contributed by atoms with Crippen LogP contribution in [-0.4, -0.2) is 21.8 Å². The lowest BCUT2D eigenvalue weighted by Gasteiger charge is -2.28. The minimum Gasteiger partial charge on any atom is -0.336 e. The Hall–Kier alpha value is -2.10. The van der Waals surface area contributed by atoms with Crippen LogP contribution in [0.15, 0.2) is 29.1 Å². The maximum Gasteiger partial charge on any atom is 0.253 e. The van der Waals surface area contributed by atoms with Gasteiger partial charge < -0.3 is 9.88 Å². The Morgan fingerprint density at radius 3 is 2.45 bits per heavy atom. The van der Waals surface area contributed by atoms with Crippen LogP contribution in [-0.2, 0) is 11.3 Å². The van der Waals surface area contributed by atoms with Crippen molar-refractivity contribution in [2.75, 3.05) is 0 Å². The van der Waals surface area contributed by atoms with Crippen molar-refractivity contribution < 1.29 is 4.79 Å². The Balaban J connectivity index is 2.43. The normalized spacial score (nSPS) is 11.4. The highest BCUT2D eigenvalue weighted by Crippen LogP contribution is 2.16. The molecular weight excluding hydrogens is 276 g/mol. The number of benzene rings is 1. The van der Waals surface area contributed by atoms with Gasteiger partial charge in [0.1, 0.15) is 0 Å². The third kappa shape index (κ3) is 3.38. The molecule has 0 unspecified atom stereocenters. The van der Waals surface area contributed by atoms with Crippen LogP contribution in [0.2, 0.25) is 0 Å². The van der Waals surface area contributed by atoms with Gasteiger partial charge in [-0.3, -0.25) is 9.59 Å². The smallest absolute Gasteiger partial charge is 0.253 e. The molecule has 1 N–H and O–H groups in total. The summed E-state index contributed by atoms with van der Waals surface area (Å²) in [5, 5.41) is 0.996. The minimum atomic E-state index is -0.126. The highest BCUT2D eigenvalue weighted by atomic mass is 16.2. The predicted octanol–water partition coefficient (Wildman–Crippen LogP) is 3.23. The lowest BCUT2D eigenvalue weighted by atomic mass is 10.1. The third-order valence-corrected chi connectivity index (χ3v) is 3.82. The van der Waals surface area contributed by atoms with E-state index in [9.17, 15) is 9.59 Å². The van der Waals surface area contributed by atoms with Gasteiger partial charge in [0, 0.05) is 23.0 Å². The van der Waals surface area contributed by atoms with Crippen LogP contribution in [0, 0.1) is 12.8 Å². The van der Waals surface area contributed by atoms with Gasteiger partial charge in [0.25, 0.3) is 5.56 Å². The first-order valence-corrected chi connectivity index (χ1v) is 7.72. The number of rotatable bonds is 4. The molecule has 2 rings (SSSR count). The number of hydrogen-bond donors (Lipinski definition) is 1. The molecule has 1 amide bonds. The largest absolute Gasteiger partial charge is 0.336 e. The van der Waals surface area contributed by atoms with E-state index in [2.05, 4.69) is 4.98 Å². The zero-order valence-electron chi connectivity index (χ0n) is 13.9. The molecule has 0 atom stereocenters. The monoisotopic (exact) mass is 300 g/mol. The minimum absolute atomic E-state index is 0.0579. The number of aromatic nitrogens is 1. The molecule has 22 heavy (non-hydrogen) atoms. The Labute approximate surface area is 131 Å². The van der Waals surface area contributed by atoms with Gasteiger partial charge in [-0.15, -0.1) is 0 Å². The fourth-order valence-electron chi connectivity index (χ4n) is 2.52. The Morgan fingerprint density at radius 1 is 1.18 bits per heavy atom. The van der Waals surface area contributed by atoms with Crippen LogP contribution in [0.3, 0.4) is 0 Å². The number of aromatic amines is 1. The summed E-state index contributed by atoms with van der Waals surface area (Å²) >= 11 is 0. The Bertz CT molecular complexity index is 744. The van der Waals surface area contributed by atoms with Crippen molar-refractivity contribution in [2.24, 2.45) is 5.92 Å². The average Bonchev–Trinajstić information content (AvgIpc) is 2.44. The van der Waals surface area contributed by atoms with Crippen molar-refractivity contribution in [3.05, 3.63) is 45.7 Å². The lowest BCUT2D eigenvalue weighted by molar-refractivity contribution is -0.136. The van der Waals surface area contributed by atoms with Gasteiger partial charge in [-0.1, -0.05) is 25.5 Å². The molecule has 2 aromatic rings. The van der Waals surface area contributed by atoms with Gasteiger partial charge in [-0.25, -0.2) is 0 Å². The van der Waals surface area contributed by atoms with Crippen LogP contribution < -0.4 is 5.56 Å². The van der Waals surface area contributed by atoms with E-state index in [1.807, 2.05) is 58.9 Å². The van der Waals surface area contributed by atoms with Crippen LogP contribution in [0.25, 0.3) is 10.9 Å². The van der Waals surface area contributed by atoms with Crippen LogP contribution in [0.1, 0.15) is 38.8 Å². The highest BCUT2D eigenvalue weighted by molar-refractivity contribution is 5.80. The van der Waals surface area contributed by atoms with Gasteiger partial charge in [-0.05, 0) is 44.4 Å². The summed E-state index contributed by atoms with van der Waals surface area (Å²) in [7, 11) is 0. The molecule has 4 nitrogen and oxygen atoms in total. The van der Waals surface area contributed by atoms with E-state index in [0.29, 0.717) is 12.1 Å². The highest BCUT2D eigenvalue weighted by Gasteiger charge is 2.21. The zero-order chi connectivity index (χ0) is 16.4. The molecule has 1 aromatic heterocycles. The summed E-state index contributed by atoms with van der Waals surface area (Å²) in [6.07, 6.45) is 0. The van der Waals surface area contributed by atoms with Crippen molar-refractivity contribution in [2.45, 2.75) is 47.2 Å². The number of carbonyl (C=O) groups is 1. The second-order valence-corrected chi connectivity index (χ2v) is 6.43. The molecule has 1 heterocycles. The van der Waals surface area contributed by atoms with Crippen molar-refractivity contribution in [3.8, 4) is 0 Å². The molecule has 0 aliphatic rings.